The Bertz CT molecular complexity index is 416. The lowest BCUT2D eigenvalue weighted by Gasteiger charge is -2.39. The van der Waals surface area contributed by atoms with Gasteiger partial charge in [-0.25, -0.2) is 0 Å². The standard InChI is InChI=1S/C22H36/c1-6-7-8-9-18(4)15-22(13-12-19(5)17(2)3)16-20-10-11-21(22)14-20/h6,10-11,18-21H,1-2,7-9,12-16H2,3-5H3. The van der Waals surface area contributed by atoms with Gasteiger partial charge in [0.25, 0.3) is 0 Å². The molecule has 0 spiro atoms. The topological polar surface area (TPSA) is 0 Å². The summed E-state index contributed by atoms with van der Waals surface area (Å²) in [7, 11) is 0. The fraction of sp³-hybridized carbons (Fsp3) is 0.727. The fourth-order valence-electron chi connectivity index (χ4n) is 4.83. The van der Waals surface area contributed by atoms with E-state index in [-0.39, 0.29) is 0 Å². The van der Waals surface area contributed by atoms with Gasteiger partial charge in [0, 0.05) is 0 Å². The summed E-state index contributed by atoms with van der Waals surface area (Å²) < 4.78 is 0. The molecule has 0 aliphatic heterocycles. The Labute approximate surface area is 138 Å². The average molecular weight is 301 g/mol. The summed E-state index contributed by atoms with van der Waals surface area (Å²) in [5.41, 5.74) is 1.95. The minimum absolute atomic E-state index is 0.594. The van der Waals surface area contributed by atoms with E-state index in [4.69, 9.17) is 0 Å². The molecular weight excluding hydrogens is 264 g/mol. The van der Waals surface area contributed by atoms with Crippen LogP contribution in [0.3, 0.4) is 0 Å². The molecule has 2 bridgehead atoms. The molecule has 0 saturated heterocycles. The number of hydrogen-bond donors (Lipinski definition) is 0. The first kappa shape index (κ1) is 17.6. The van der Waals surface area contributed by atoms with Crippen LogP contribution in [-0.2, 0) is 0 Å². The zero-order valence-corrected chi connectivity index (χ0v) is 15.1. The summed E-state index contributed by atoms with van der Waals surface area (Å²) in [4.78, 5) is 0. The Morgan fingerprint density at radius 2 is 2.09 bits per heavy atom. The third kappa shape index (κ3) is 4.15. The van der Waals surface area contributed by atoms with Crippen LogP contribution in [0.15, 0.2) is 37.0 Å². The Balaban J connectivity index is 1.96. The maximum absolute atomic E-state index is 4.16. The highest BCUT2D eigenvalue weighted by molar-refractivity contribution is 5.16. The third-order valence-electron chi connectivity index (χ3n) is 6.40. The van der Waals surface area contributed by atoms with Crippen molar-refractivity contribution in [3.05, 3.63) is 37.0 Å². The summed E-state index contributed by atoms with van der Waals surface area (Å²) >= 11 is 0. The number of unbranched alkanes of at least 4 members (excludes halogenated alkanes) is 1. The maximum Gasteiger partial charge on any atom is -0.0171 e. The van der Waals surface area contributed by atoms with Gasteiger partial charge in [-0.1, -0.05) is 50.6 Å². The highest BCUT2D eigenvalue weighted by Gasteiger charge is 2.48. The van der Waals surface area contributed by atoms with Crippen molar-refractivity contribution in [1.29, 1.82) is 0 Å². The van der Waals surface area contributed by atoms with Crippen LogP contribution in [-0.4, -0.2) is 0 Å². The van der Waals surface area contributed by atoms with Crippen LogP contribution in [0.4, 0.5) is 0 Å². The van der Waals surface area contributed by atoms with Gasteiger partial charge >= 0.3 is 0 Å². The molecule has 0 N–H and O–H groups in total. The monoisotopic (exact) mass is 300 g/mol. The molecule has 0 amide bonds. The van der Waals surface area contributed by atoms with Crippen molar-refractivity contribution in [3.63, 3.8) is 0 Å². The molecular formula is C22H36. The van der Waals surface area contributed by atoms with Gasteiger partial charge in [-0.3, -0.25) is 0 Å². The first-order valence-corrected chi connectivity index (χ1v) is 9.41. The predicted molar refractivity (Wildman–Crippen MR) is 98.8 cm³/mol. The molecule has 2 aliphatic rings. The van der Waals surface area contributed by atoms with Gasteiger partial charge in [0.05, 0.1) is 0 Å². The molecule has 5 unspecified atom stereocenters. The van der Waals surface area contributed by atoms with Gasteiger partial charge in [-0.2, -0.15) is 0 Å². The fourth-order valence-corrected chi connectivity index (χ4v) is 4.83. The zero-order chi connectivity index (χ0) is 16.2. The molecule has 0 aromatic heterocycles. The molecule has 0 radical (unpaired) electrons. The molecule has 22 heavy (non-hydrogen) atoms. The predicted octanol–water partition coefficient (Wildman–Crippen LogP) is 6.94. The van der Waals surface area contributed by atoms with Crippen LogP contribution in [0.5, 0.6) is 0 Å². The normalized spacial score (nSPS) is 32.1. The number of fused-ring (bicyclic) bond motifs is 2. The van der Waals surface area contributed by atoms with Crippen molar-refractivity contribution < 1.29 is 0 Å². The van der Waals surface area contributed by atoms with E-state index < -0.39 is 0 Å². The lowest BCUT2D eigenvalue weighted by Crippen LogP contribution is -2.29. The summed E-state index contributed by atoms with van der Waals surface area (Å²) in [6, 6.07) is 0. The Morgan fingerprint density at radius 3 is 2.64 bits per heavy atom. The zero-order valence-electron chi connectivity index (χ0n) is 15.1. The van der Waals surface area contributed by atoms with E-state index in [2.05, 4.69) is 52.2 Å². The highest BCUT2D eigenvalue weighted by Crippen LogP contribution is 2.58. The minimum Gasteiger partial charge on any atom is -0.103 e. The van der Waals surface area contributed by atoms with Crippen molar-refractivity contribution in [2.24, 2.45) is 29.1 Å². The second-order valence-corrected chi connectivity index (χ2v) is 8.37. The summed E-state index contributed by atoms with van der Waals surface area (Å²) in [5, 5.41) is 0. The van der Waals surface area contributed by atoms with E-state index in [1.165, 1.54) is 56.9 Å². The van der Waals surface area contributed by atoms with Gasteiger partial charge < -0.3 is 0 Å². The van der Waals surface area contributed by atoms with E-state index in [9.17, 15) is 0 Å². The molecule has 0 heterocycles. The van der Waals surface area contributed by atoms with Gasteiger partial charge in [0.15, 0.2) is 0 Å². The lowest BCUT2D eigenvalue weighted by molar-refractivity contribution is 0.144. The molecule has 5 atom stereocenters. The Hall–Kier alpha value is -0.780. The van der Waals surface area contributed by atoms with Crippen LogP contribution in [0, 0.1) is 29.1 Å². The van der Waals surface area contributed by atoms with Crippen molar-refractivity contribution in [2.75, 3.05) is 0 Å². The molecule has 2 aliphatic carbocycles. The van der Waals surface area contributed by atoms with Crippen molar-refractivity contribution >= 4 is 0 Å². The third-order valence-corrected chi connectivity index (χ3v) is 6.40. The SMILES string of the molecule is C=CCCCC(C)CC1(CCC(C)C(=C)C)CC2C=CC1C2. The van der Waals surface area contributed by atoms with E-state index in [0.29, 0.717) is 11.3 Å². The van der Waals surface area contributed by atoms with Crippen LogP contribution < -0.4 is 0 Å². The first-order chi connectivity index (χ1) is 10.5. The largest absolute Gasteiger partial charge is 0.103 e. The molecule has 0 heteroatoms. The number of hydrogen-bond acceptors (Lipinski definition) is 0. The van der Waals surface area contributed by atoms with Crippen molar-refractivity contribution in [2.45, 2.75) is 72.1 Å². The minimum atomic E-state index is 0.594. The van der Waals surface area contributed by atoms with E-state index >= 15 is 0 Å². The van der Waals surface area contributed by atoms with Gasteiger partial charge in [0.2, 0.25) is 0 Å². The van der Waals surface area contributed by atoms with Crippen LogP contribution in [0.25, 0.3) is 0 Å². The lowest BCUT2D eigenvalue weighted by atomic mass is 9.66. The smallest absolute Gasteiger partial charge is 0.0171 e. The van der Waals surface area contributed by atoms with Crippen LogP contribution >= 0.6 is 0 Å². The molecule has 0 aromatic carbocycles. The van der Waals surface area contributed by atoms with Gasteiger partial charge in [0.1, 0.15) is 0 Å². The number of rotatable bonds is 10. The van der Waals surface area contributed by atoms with Crippen LogP contribution in [0.2, 0.25) is 0 Å². The van der Waals surface area contributed by atoms with Crippen molar-refractivity contribution in [3.8, 4) is 0 Å². The molecule has 124 valence electrons. The molecule has 0 nitrogen and oxygen atoms in total. The quantitative estimate of drug-likeness (QED) is 0.302. The van der Waals surface area contributed by atoms with Crippen LogP contribution in [0.1, 0.15) is 72.1 Å². The second-order valence-electron chi connectivity index (χ2n) is 8.37. The Kier molecular flexibility index (Phi) is 6.12. The molecule has 0 aromatic rings. The summed E-state index contributed by atoms with van der Waals surface area (Å²) in [6.45, 7) is 15.0. The van der Waals surface area contributed by atoms with Gasteiger partial charge in [-0.15, -0.1) is 6.58 Å². The molecule has 1 fully saturated rings. The summed E-state index contributed by atoms with van der Waals surface area (Å²) in [5.74, 6) is 3.27. The maximum atomic E-state index is 4.16. The first-order valence-electron chi connectivity index (χ1n) is 9.41. The second kappa shape index (κ2) is 7.66. The van der Waals surface area contributed by atoms with E-state index in [1.807, 2.05) is 0 Å². The van der Waals surface area contributed by atoms with Gasteiger partial charge in [-0.05, 0) is 81.0 Å². The van der Waals surface area contributed by atoms with Crippen molar-refractivity contribution in [1.82, 2.24) is 0 Å². The highest BCUT2D eigenvalue weighted by atomic mass is 14.5. The molecule has 2 rings (SSSR count). The average Bonchev–Trinajstić information content (AvgIpc) is 3.06. The van der Waals surface area contributed by atoms with E-state index in [0.717, 1.165) is 17.8 Å². The molecule has 1 saturated carbocycles. The summed E-state index contributed by atoms with van der Waals surface area (Å²) in [6.07, 6.45) is 18.0. The van der Waals surface area contributed by atoms with E-state index in [1.54, 1.807) is 0 Å². The Morgan fingerprint density at radius 1 is 1.32 bits per heavy atom. The number of allylic oxidation sites excluding steroid dienone is 4.